The van der Waals surface area contributed by atoms with Crippen LogP contribution in [0.5, 0.6) is 11.5 Å². The fourth-order valence-corrected chi connectivity index (χ4v) is 3.62. The van der Waals surface area contributed by atoms with E-state index in [1.54, 1.807) is 20.4 Å². The van der Waals surface area contributed by atoms with Crippen LogP contribution in [-0.4, -0.2) is 80.6 Å². The van der Waals surface area contributed by atoms with E-state index in [2.05, 4.69) is 33.5 Å². The van der Waals surface area contributed by atoms with Crippen molar-refractivity contribution in [1.82, 2.24) is 25.1 Å². The monoisotopic (exact) mass is 430 g/mol. The lowest BCUT2D eigenvalue weighted by molar-refractivity contribution is 0.0179. The second-order valence-corrected chi connectivity index (χ2v) is 7.23. The molecule has 0 radical (unpaired) electrons. The highest BCUT2D eigenvalue weighted by Crippen LogP contribution is 2.32. The van der Waals surface area contributed by atoms with E-state index in [0.717, 1.165) is 69.0 Å². The average molecular weight is 431 g/mol. The van der Waals surface area contributed by atoms with E-state index in [4.69, 9.17) is 19.2 Å². The van der Waals surface area contributed by atoms with Gasteiger partial charge in [-0.25, -0.2) is 4.98 Å². The Morgan fingerprint density at radius 1 is 1.19 bits per heavy atom. The molecule has 31 heavy (non-hydrogen) atoms. The minimum atomic E-state index is 0.118. The van der Waals surface area contributed by atoms with Crippen LogP contribution in [0, 0.1) is 0 Å². The molecule has 170 valence electrons. The van der Waals surface area contributed by atoms with Crippen molar-refractivity contribution >= 4 is 5.96 Å². The van der Waals surface area contributed by atoms with Gasteiger partial charge in [-0.15, -0.1) is 0 Å². The first kappa shape index (κ1) is 22.9. The van der Waals surface area contributed by atoms with Crippen LogP contribution in [-0.2, 0) is 11.3 Å². The maximum atomic E-state index is 5.57. The number of rotatable bonds is 10. The molecule has 0 spiro atoms. The first-order chi connectivity index (χ1) is 15.2. The summed E-state index contributed by atoms with van der Waals surface area (Å²) in [7, 11) is 3.32. The van der Waals surface area contributed by atoms with Gasteiger partial charge in [0.05, 0.1) is 46.3 Å². The van der Waals surface area contributed by atoms with Crippen LogP contribution in [0.25, 0.3) is 0 Å². The molecular formula is C22H34N6O3. The van der Waals surface area contributed by atoms with Crippen LogP contribution >= 0.6 is 0 Å². The third kappa shape index (κ3) is 6.60. The first-order valence-corrected chi connectivity index (χ1v) is 10.8. The molecule has 0 bridgehead atoms. The number of hydrogen-bond donors (Lipinski definition) is 2. The van der Waals surface area contributed by atoms with Gasteiger partial charge >= 0.3 is 0 Å². The Morgan fingerprint density at radius 3 is 2.68 bits per heavy atom. The van der Waals surface area contributed by atoms with Crippen molar-refractivity contribution in [2.75, 3.05) is 60.2 Å². The molecule has 1 aromatic carbocycles. The molecule has 1 unspecified atom stereocenters. The molecule has 2 N–H and O–H groups in total. The van der Waals surface area contributed by atoms with Crippen molar-refractivity contribution in [2.24, 2.45) is 4.99 Å². The molecule has 0 saturated carbocycles. The van der Waals surface area contributed by atoms with Gasteiger partial charge in [0, 0.05) is 45.1 Å². The van der Waals surface area contributed by atoms with Gasteiger partial charge in [-0.05, 0) is 24.6 Å². The van der Waals surface area contributed by atoms with Crippen molar-refractivity contribution in [2.45, 2.75) is 19.5 Å². The predicted molar refractivity (Wildman–Crippen MR) is 121 cm³/mol. The normalized spacial score (nSPS) is 16.0. The number of ether oxygens (including phenoxy) is 3. The molecule has 1 aliphatic rings. The number of nitrogens with zero attached hydrogens (tertiary/aromatic N) is 4. The number of morpholine rings is 1. The summed E-state index contributed by atoms with van der Waals surface area (Å²) in [6.07, 6.45) is 5.56. The molecule has 1 aliphatic heterocycles. The molecule has 3 rings (SSSR count). The number of nitrogens with one attached hydrogen (secondary N) is 2. The highest BCUT2D eigenvalue weighted by atomic mass is 16.5. The number of guanidine groups is 1. The van der Waals surface area contributed by atoms with Crippen LogP contribution in [0.1, 0.15) is 18.5 Å². The topological polar surface area (TPSA) is 85.2 Å². The minimum Gasteiger partial charge on any atom is -0.493 e. The zero-order valence-corrected chi connectivity index (χ0v) is 18.7. The lowest BCUT2D eigenvalue weighted by Crippen LogP contribution is -2.42. The van der Waals surface area contributed by atoms with Crippen molar-refractivity contribution in [1.29, 1.82) is 0 Å². The van der Waals surface area contributed by atoms with E-state index in [0.29, 0.717) is 6.54 Å². The van der Waals surface area contributed by atoms with Crippen molar-refractivity contribution in [3.05, 3.63) is 42.5 Å². The lowest BCUT2D eigenvalue weighted by atomic mass is 10.0. The van der Waals surface area contributed by atoms with Crippen LogP contribution in [0.2, 0.25) is 0 Å². The number of benzene rings is 1. The van der Waals surface area contributed by atoms with Crippen LogP contribution in [0.4, 0.5) is 0 Å². The molecule has 1 aromatic heterocycles. The molecule has 9 nitrogen and oxygen atoms in total. The minimum absolute atomic E-state index is 0.118. The largest absolute Gasteiger partial charge is 0.493 e. The molecule has 2 aromatic rings. The van der Waals surface area contributed by atoms with Gasteiger partial charge in [-0.1, -0.05) is 6.07 Å². The van der Waals surface area contributed by atoms with E-state index in [9.17, 15) is 0 Å². The van der Waals surface area contributed by atoms with Crippen molar-refractivity contribution in [3.63, 3.8) is 0 Å². The van der Waals surface area contributed by atoms with Gasteiger partial charge < -0.3 is 29.4 Å². The summed E-state index contributed by atoms with van der Waals surface area (Å²) in [4.78, 5) is 11.4. The number of aromatic nitrogens is 2. The maximum absolute atomic E-state index is 5.57. The molecule has 0 aliphatic carbocycles. The van der Waals surface area contributed by atoms with Gasteiger partial charge in [0.15, 0.2) is 17.5 Å². The van der Waals surface area contributed by atoms with Gasteiger partial charge in [0.2, 0.25) is 0 Å². The van der Waals surface area contributed by atoms with E-state index in [-0.39, 0.29) is 6.04 Å². The van der Waals surface area contributed by atoms with Gasteiger partial charge in [0.1, 0.15) is 0 Å². The third-order valence-corrected chi connectivity index (χ3v) is 5.27. The fraction of sp³-hybridized carbons (Fsp3) is 0.545. The van der Waals surface area contributed by atoms with Crippen LogP contribution in [0.15, 0.2) is 41.9 Å². The van der Waals surface area contributed by atoms with E-state index < -0.39 is 0 Å². The molecule has 1 saturated heterocycles. The van der Waals surface area contributed by atoms with E-state index in [1.165, 1.54) is 0 Å². The molecule has 1 atom stereocenters. The van der Waals surface area contributed by atoms with Gasteiger partial charge in [0.25, 0.3) is 0 Å². The lowest BCUT2D eigenvalue weighted by Gasteiger charge is -2.34. The zero-order valence-electron chi connectivity index (χ0n) is 18.7. The summed E-state index contributed by atoms with van der Waals surface area (Å²) in [5, 5.41) is 6.75. The molecule has 0 amide bonds. The Morgan fingerprint density at radius 2 is 2.00 bits per heavy atom. The summed E-state index contributed by atoms with van der Waals surface area (Å²) in [5.41, 5.74) is 1.15. The zero-order chi connectivity index (χ0) is 21.9. The fourth-order valence-electron chi connectivity index (χ4n) is 3.62. The Hall–Kier alpha value is -2.78. The SMILES string of the molecule is CCNC(=NCC(c1ccc(OC)c(OC)c1)N1CCOCC1)NCCn1ccnc1. The second-order valence-electron chi connectivity index (χ2n) is 7.23. The highest BCUT2D eigenvalue weighted by molar-refractivity contribution is 5.79. The quantitative estimate of drug-likeness (QED) is 0.437. The number of hydrogen-bond acceptors (Lipinski definition) is 6. The third-order valence-electron chi connectivity index (χ3n) is 5.27. The molecule has 2 heterocycles. The van der Waals surface area contributed by atoms with E-state index in [1.807, 2.05) is 29.2 Å². The number of imidazole rings is 1. The average Bonchev–Trinajstić information content (AvgIpc) is 3.33. The highest BCUT2D eigenvalue weighted by Gasteiger charge is 2.24. The van der Waals surface area contributed by atoms with Crippen molar-refractivity contribution < 1.29 is 14.2 Å². The van der Waals surface area contributed by atoms with Gasteiger partial charge in [-0.3, -0.25) is 9.89 Å². The van der Waals surface area contributed by atoms with Gasteiger partial charge in [-0.2, -0.15) is 0 Å². The standard InChI is InChI=1S/C22H34N6O3/c1-4-24-22(25-8-10-27-9-7-23-17-27)26-16-19(28-11-13-31-14-12-28)18-5-6-20(29-2)21(15-18)30-3/h5-7,9,15,17,19H,4,8,10-14,16H2,1-3H3,(H2,24,25,26). The summed E-state index contributed by atoms with van der Waals surface area (Å²) in [6, 6.07) is 6.22. The van der Waals surface area contributed by atoms with E-state index >= 15 is 0 Å². The predicted octanol–water partition coefficient (Wildman–Crippen LogP) is 1.53. The second kappa shape index (κ2) is 12.2. The Kier molecular flexibility index (Phi) is 8.99. The number of methoxy groups -OCH3 is 2. The van der Waals surface area contributed by atoms with Crippen LogP contribution < -0.4 is 20.1 Å². The van der Waals surface area contributed by atoms with Crippen molar-refractivity contribution in [3.8, 4) is 11.5 Å². The first-order valence-electron chi connectivity index (χ1n) is 10.8. The molecule has 1 fully saturated rings. The Bertz CT molecular complexity index is 806. The van der Waals surface area contributed by atoms with Crippen LogP contribution in [0.3, 0.4) is 0 Å². The smallest absolute Gasteiger partial charge is 0.191 e. The summed E-state index contributed by atoms with van der Waals surface area (Å²) >= 11 is 0. The summed E-state index contributed by atoms with van der Waals surface area (Å²) in [6.45, 7) is 8.30. The molecule has 9 heteroatoms. The maximum Gasteiger partial charge on any atom is 0.191 e. The summed E-state index contributed by atoms with van der Waals surface area (Å²) < 4.78 is 18.5. The summed E-state index contributed by atoms with van der Waals surface area (Å²) in [5.74, 6) is 2.26. The Labute approximate surface area is 184 Å². The number of aliphatic imine (C=N–C) groups is 1. The molecular weight excluding hydrogens is 396 g/mol. The Balaban J connectivity index is 1.74.